The second-order valence-corrected chi connectivity index (χ2v) is 6.93. The van der Waals surface area contributed by atoms with Crippen molar-refractivity contribution in [3.8, 4) is 0 Å². The van der Waals surface area contributed by atoms with Crippen LogP contribution < -0.4 is 0 Å². The number of ether oxygens (including phenoxy) is 1. The van der Waals surface area contributed by atoms with Gasteiger partial charge in [-0.3, -0.25) is 0 Å². The van der Waals surface area contributed by atoms with Gasteiger partial charge < -0.3 is 4.74 Å². The summed E-state index contributed by atoms with van der Waals surface area (Å²) >= 11 is 1.65. The summed E-state index contributed by atoms with van der Waals surface area (Å²) in [6.07, 6.45) is 2.95. The number of benzene rings is 1. The van der Waals surface area contributed by atoms with Gasteiger partial charge in [0.05, 0.1) is 11.3 Å². The fraction of sp³-hybridized carbons (Fsp3) is 0.222. The molecule has 4 aromatic rings. The summed E-state index contributed by atoms with van der Waals surface area (Å²) in [6.45, 7) is 4.23. The predicted octanol–water partition coefficient (Wildman–Crippen LogP) is 3.82. The molecule has 0 aliphatic heterocycles. The standard InChI is InChI=1S/C18H16N4O2S/c1-11(2)16-14(7-19-18-20-10-21-22(16)18)17(23)24-8-12-9-25-15-6-4-3-5-13(12)15/h3-7,9-11H,8H2,1-2H3. The molecule has 0 bridgehead atoms. The zero-order valence-corrected chi connectivity index (χ0v) is 14.7. The maximum Gasteiger partial charge on any atom is 0.341 e. The van der Waals surface area contributed by atoms with Crippen LogP contribution in [-0.4, -0.2) is 25.6 Å². The van der Waals surface area contributed by atoms with Crippen LogP contribution in [0.15, 0.2) is 42.2 Å². The van der Waals surface area contributed by atoms with Crippen LogP contribution in [0, 0.1) is 0 Å². The van der Waals surface area contributed by atoms with Crippen LogP contribution in [0.3, 0.4) is 0 Å². The highest BCUT2D eigenvalue weighted by Crippen LogP contribution is 2.27. The largest absolute Gasteiger partial charge is 0.457 e. The number of hydrogen-bond donors (Lipinski definition) is 0. The molecule has 3 aromatic heterocycles. The molecule has 0 radical (unpaired) electrons. The minimum absolute atomic E-state index is 0.0803. The van der Waals surface area contributed by atoms with E-state index in [0.717, 1.165) is 16.6 Å². The highest BCUT2D eigenvalue weighted by Gasteiger charge is 2.21. The molecule has 0 aliphatic carbocycles. The molecule has 0 N–H and O–H groups in total. The molecule has 0 amide bonds. The average molecular weight is 352 g/mol. The van der Waals surface area contributed by atoms with Crippen molar-refractivity contribution in [3.63, 3.8) is 0 Å². The van der Waals surface area contributed by atoms with Crippen LogP contribution >= 0.6 is 11.3 Å². The van der Waals surface area contributed by atoms with Gasteiger partial charge in [-0.05, 0) is 22.8 Å². The lowest BCUT2D eigenvalue weighted by atomic mass is 10.1. The van der Waals surface area contributed by atoms with Crippen molar-refractivity contribution in [2.75, 3.05) is 0 Å². The quantitative estimate of drug-likeness (QED) is 0.522. The minimum Gasteiger partial charge on any atom is -0.457 e. The number of rotatable bonds is 4. The van der Waals surface area contributed by atoms with Crippen molar-refractivity contribution in [2.45, 2.75) is 26.4 Å². The number of carbonyl (C=O) groups is 1. The number of carbonyl (C=O) groups excluding carboxylic acids is 1. The van der Waals surface area contributed by atoms with E-state index in [1.165, 1.54) is 17.2 Å². The van der Waals surface area contributed by atoms with Crippen molar-refractivity contribution in [2.24, 2.45) is 0 Å². The molecule has 0 saturated carbocycles. The van der Waals surface area contributed by atoms with E-state index in [4.69, 9.17) is 4.74 Å². The first-order chi connectivity index (χ1) is 12.1. The highest BCUT2D eigenvalue weighted by atomic mass is 32.1. The lowest BCUT2D eigenvalue weighted by Crippen LogP contribution is -2.14. The van der Waals surface area contributed by atoms with Crippen LogP contribution in [0.2, 0.25) is 0 Å². The third kappa shape index (κ3) is 2.76. The molecule has 0 saturated heterocycles. The van der Waals surface area contributed by atoms with E-state index >= 15 is 0 Å². The van der Waals surface area contributed by atoms with Gasteiger partial charge in [0.25, 0.3) is 5.78 Å². The predicted molar refractivity (Wildman–Crippen MR) is 95.8 cm³/mol. The smallest absolute Gasteiger partial charge is 0.341 e. The van der Waals surface area contributed by atoms with Crippen LogP contribution in [0.1, 0.15) is 41.4 Å². The second-order valence-electron chi connectivity index (χ2n) is 6.02. The first-order valence-corrected chi connectivity index (χ1v) is 8.84. The molecule has 25 heavy (non-hydrogen) atoms. The topological polar surface area (TPSA) is 69.4 Å². The number of thiophene rings is 1. The molecule has 6 nitrogen and oxygen atoms in total. The number of fused-ring (bicyclic) bond motifs is 2. The maximum atomic E-state index is 12.6. The van der Waals surface area contributed by atoms with E-state index in [9.17, 15) is 4.79 Å². The van der Waals surface area contributed by atoms with Crippen LogP contribution in [0.25, 0.3) is 15.9 Å². The third-order valence-corrected chi connectivity index (χ3v) is 5.04. The summed E-state index contributed by atoms with van der Waals surface area (Å²) in [5.74, 6) is 0.157. The van der Waals surface area contributed by atoms with Crippen LogP contribution in [0.5, 0.6) is 0 Å². The number of nitrogens with zero attached hydrogens (tertiary/aromatic N) is 4. The Kier molecular flexibility index (Phi) is 3.93. The molecule has 0 fully saturated rings. The Hall–Kier alpha value is -2.80. The normalized spacial score (nSPS) is 11.5. The Bertz CT molecular complexity index is 1070. The number of esters is 1. The molecule has 0 atom stereocenters. The monoisotopic (exact) mass is 352 g/mol. The average Bonchev–Trinajstić information content (AvgIpc) is 3.25. The SMILES string of the molecule is CC(C)c1c(C(=O)OCc2csc3ccccc23)cnc2ncnn12. The van der Waals surface area contributed by atoms with Crippen molar-refractivity contribution in [1.82, 2.24) is 19.6 Å². The van der Waals surface area contributed by atoms with Crippen LogP contribution in [-0.2, 0) is 11.3 Å². The molecule has 0 spiro atoms. The number of hydrogen-bond acceptors (Lipinski definition) is 6. The van der Waals surface area contributed by atoms with Crippen molar-refractivity contribution < 1.29 is 9.53 Å². The van der Waals surface area contributed by atoms with E-state index < -0.39 is 5.97 Å². The van der Waals surface area contributed by atoms with Gasteiger partial charge in [-0.1, -0.05) is 32.0 Å². The van der Waals surface area contributed by atoms with E-state index in [0.29, 0.717) is 11.3 Å². The molecule has 0 unspecified atom stereocenters. The zero-order valence-electron chi connectivity index (χ0n) is 13.8. The summed E-state index contributed by atoms with van der Waals surface area (Å²) in [5, 5.41) is 7.32. The molecular weight excluding hydrogens is 336 g/mol. The Morgan fingerprint density at radius 1 is 1.28 bits per heavy atom. The molecule has 7 heteroatoms. The van der Waals surface area contributed by atoms with Gasteiger partial charge in [-0.15, -0.1) is 11.3 Å². The molecule has 1 aromatic carbocycles. The molecule has 4 rings (SSSR count). The summed E-state index contributed by atoms with van der Waals surface area (Å²) in [6, 6.07) is 8.09. The van der Waals surface area contributed by atoms with Gasteiger partial charge in [-0.25, -0.2) is 14.3 Å². The molecule has 126 valence electrons. The van der Waals surface area contributed by atoms with E-state index in [-0.39, 0.29) is 12.5 Å². The van der Waals surface area contributed by atoms with Crippen molar-refractivity contribution in [3.05, 3.63) is 59.0 Å². The lowest BCUT2D eigenvalue weighted by molar-refractivity contribution is 0.0471. The Balaban J connectivity index is 1.63. The van der Waals surface area contributed by atoms with Gasteiger partial charge in [-0.2, -0.15) is 10.1 Å². The van der Waals surface area contributed by atoms with E-state index in [2.05, 4.69) is 21.1 Å². The molecule has 0 aliphatic rings. The first kappa shape index (κ1) is 15.7. The summed E-state index contributed by atoms with van der Waals surface area (Å²) in [4.78, 5) is 20.9. The minimum atomic E-state index is -0.399. The zero-order chi connectivity index (χ0) is 17.4. The summed E-state index contributed by atoms with van der Waals surface area (Å²) < 4.78 is 8.34. The van der Waals surface area contributed by atoms with E-state index in [1.807, 2.05) is 37.4 Å². The van der Waals surface area contributed by atoms with E-state index in [1.54, 1.807) is 15.9 Å². The lowest BCUT2D eigenvalue weighted by Gasteiger charge is -2.13. The molecular formula is C18H16N4O2S. The Morgan fingerprint density at radius 3 is 2.96 bits per heavy atom. The number of aromatic nitrogens is 4. The van der Waals surface area contributed by atoms with Gasteiger partial charge in [0.15, 0.2) is 0 Å². The highest BCUT2D eigenvalue weighted by molar-refractivity contribution is 7.17. The van der Waals surface area contributed by atoms with Gasteiger partial charge in [0, 0.05) is 16.5 Å². The van der Waals surface area contributed by atoms with Crippen molar-refractivity contribution in [1.29, 1.82) is 0 Å². The summed E-state index contributed by atoms with van der Waals surface area (Å²) in [5.41, 5.74) is 2.19. The summed E-state index contributed by atoms with van der Waals surface area (Å²) in [7, 11) is 0. The second kappa shape index (κ2) is 6.25. The van der Waals surface area contributed by atoms with Gasteiger partial charge in [0.1, 0.15) is 12.9 Å². The van der Waals surface area contributed by atoms with Gasteiger partial charge >= 0.3 is 5.97 Å². The van der Waals surface area contributed by atoms with Crippen molar-refractivity contribution >= 4 is 33.2 Å². The molecule has 3 heterocycles. The maximum absolute atomic E-state index is 12.6. The Morgan fingerprint density at radius 2 is 2.12 bits per heavy atom. The third-order valence-electron chi connectivity index (χ3n) is 4.03. The van der Waals surface area contributed by atoms with Gasteiger partial charge in [0.2, 0.25) is 0 Å². The Labute approximate surface area is 148 Å². The van der Waals surface area contributed by atoms with Crippen LogP contribution in [0.4, 0.5) is 0 Å². The fourth-order valence-corrected chi connectivity index (χ4v) is 3.82. The first-order valence-electron chi connectivity index (χ1n) is 7.96. The fourth-order valence-electron chi connectivity index (χ4n) is 2.87.